The summed E-state index contributed by atoms with van der Waals surface area (Å²) in [6, 6.07) is 0. The molecule has 0 aromatic heterocycles. The molecule has 6 heteroatoms. The molecule has 1 N–H and O–H groups in total. The topological polar surface area (TPSA) is 85.4 Å². The predicted octanol–water partition coefficient (Wildman–Crippen LogP) is 3.16. The van der Waals surface area contributed by atoms with Gasteiger partial charge in [0.2, 0.25) is 0 Å². The van der Waals surface area contributed by atoms with Crippen molar-refractivity contribution >= 4 is 11.9 Å². The van der Waals surface area contributed by atoms with Gasteiger partial charge < -0.3 is 19.3 Å². The minimum absolute atomic E-state index is 0.0396. The molecule has 1 saturated heterocycles. The summed E-state index contributed by atoms with van der Waals surface area (Å²) in [5.41, 5.74) is 0.392. The fraction of sp³-hybridized carbons (Fsp3) is 0.810. The monoisotopic (exact) mass is 382 g/mol. The number of methoxy groups -OCH3 is 2. The molecule has 154 valence electrons. The van der Waals surface area contributed by atoms with E-state index in [1.165, 1.54) is 14.2 Å². The van der Waals surface area contributed by atoms with Crippen LogP contribution in [-0.4, -0.2) is 48.6 Å². The normalized spacial score (nSPS) is 28.7. The number of esters is 2. The molecule has 6 nitrogen and oxygen atoms in total. The molecule has 27 heavy (non-hydrogen) atoms. The van der Waals surface area contributed by atoms with E-state index < -0.39 is 17.4 Å². The van der Waals surface area contributed by atoms with Gasteiger partial charge in [0.1, 0.15) is 0 Å². The van der Waals surface area contributed by atoms with Crippen LogP contribution in [0.2, 0.25) is 0 Å². The van der Waals surface area contributed by atoms with E-state index in [4.69, 9.17) is 14.2 Å². The maximum absolute atomic E-state index is 12.1. The zero-order chi connectivity index (χ0) is 20.2. The third-order valence-corrected chi connectivity index (χ3v) is 5.96. The molecule has 0 radical (unpaired) electrons. The number of aliphatic hydroxyl groups is 1. The van der Waals surface area contributed by atoms with E-state index >= 15 is 0 Å². The summed E-state index contributed by atoms with van der Waals surface area (Å²) in [5.74, 6) is -1.70. The van der Waals surface area contributed by atoms with Gasteiger partial charge >= 0.3 is 11.9 Å². The van der Waals surface area contributed by atoms with Crippen LogP contribution in [0.5, 0.6) is 0 Å². The number of carbonyl (C=O) groups excluding carboxylic acids is 2. The van der Waals surface area contributed by atoms with E-state index in [2.05, 4.69) is 13.8 Å². The van der Waals surface area contributed by atoms with Crippen LogP contribution in [0.3, 0.4) is 0 Å². The number of carbonyl (C=O) groups is 2. The van der Waals surface area contributed by atoms with Gasteiger partial charge in [-0.15, -0.1) is 0 Å². The fourth-order valence-corrected chi connectivity index (χ4v) is 3.98. The minimum atomic E-state index is -0.715. The summed E-state index contributed by atoms with van der Waals surface area (Å²) in [5, 5.41) is 10.6. The van der Waals surface area contributed by atoms with E-state index in [0.717, 1.165) is 31.3 Å². The Morgan fingerprint density at radius 2 is 1.81 bits per heavy atom. The van der Waals surface area contributed by atoms with Crippen LogP contribution in [0, 0.1) is 11.8 Å². The van der Waals surface area contributed by atoms with Crippen LogP contribution in [0.15, 0.2) is 11.6 Å². The SMILES string of the molecule is COC(=O)[C@H]1CC(CCCC(C)(O)CCC2OC2(C)C)=CC[C@H]1C(=O)OC. The summed E-state index contributed by atoms with van der Waals surface area (Å²) in [6.45, 7) is 6.02. The number of hydrogen-bond donors (Lipinski definition) is 1. The average Bonchev–Trinajstić information content (AvgIpc) is 3.25. The minimum Gasteiger partial charge on any atom is -0.469 e. The first-order chi connectivity index (χ1) is 12.6. The molecule has 2 unspecified atom stereocenters. The lowest BCUT2D eigenvalue weighted by molar-refractivity contribution is -0.157. The number of epoxide rings is 1. The smallest absolute Gasteiger partial charge is 0.309 e. The van der Waals surface area contributed by atoms with E-state index in [-0.39, 0.29) is 23.6 Å². The zero-order valence-electron chi connectivity index (χ0n) is 17.2. The molecular weight excluding hydrogens is 348 g/mol. The Kier molecular flexibility index (Phi) is 7.09. The second-order valence-electron chi connectivity index (χ2n) is 8.66. The number of rotatable bonds is 9. The van der Waals surface area contributed by atoms with Gasteiger partial charge in [-0.1, -0.05) is 11.6 Å². The maximum atomic E-state index is 12.1. The molecule has 4 atom stereocenters. The quantitative estimate of drug-likeness (QED) is 0.374. The van der Waals surface area contributed by atoms with Crippen molar-refractivity contribution in [3.05, 3.63) is 11.6 Å². The number of hydrogen-bond acceptors (Lipinski definition) is 6. The van der Waals surface area contributed by atoms with Crippen molar-refractivity contribution in [2.24, 2.45) is 11.8 Å². The maximum Gasteiger partial charge on any atom is 0.309 e. The second kappa shape index (κ2) is 8.74. The third-order valence-electron chi connectivity index (χ3n) is 5.96. The zero-order valence-corrected chi connectivity index (χ0v) is 17.2. The van der Waals surface area contributed by atoms with Gasteiger partial charge in [-0.25, -0.2) is 0 Å². The molecule has 1 fully saturated rings. The van der Waals surface area contributed by atoms with Crippen molar-refractivity contribution in [3.8, 4) is 0 Å². The molecular formula is C21H34O6. The van der Waals surface area contributed by atoms with Gasteiger partial charge in [-0.05, 0) is 65.7 Å². The van der Waals surface area contributed by atoms with E-state index in [0.29, 0.717) is 19.3 Å². The first kappa shape index (κ1) is 21.9. The van der Waals surface area contributed by atoms with Crippen LogP contribution >= 0.6 is 0 Å². The molecule has 1 heterocycles. The Morgan fingerprint density at radius 3 is 2.37 bits per heavy atom. The second-order valence-corrected chi connectivity index (χ2v) is 8.66. The molecule has 1 aliphatic carbocycles. The summed E-state index contributed by atoms with van der Waals surface area (Å²) >= 11 is 0. The first-order valence-electron chi connectivity index (χ1n) is 9.83. The highest BCUT2D eigenvalue weighted by Gasteiger charge is 2.47. The van der Waals surface area contributed by atoms with Crippen LogP contribution in [0.1, 0.15) is 65.7 Å². The molecule has 0 saturated carbocycles. The van der Waals surface area contributed by atoms with Crippen molar-refractivity contribution in [3.63, 3.8) is 0 Å². The molecule has 0 spiro atoms. The third kappa shape index (κ3) is 6.04. The summed E-state index contributed by atoms with van der Waals surface area (Å²) in [7, 11) is 2.68. The van der Waals surface area contributed by atoms with Gasteiger partial charge in [-0.2, -0.15) is 0 Å². The van der Waals surface area contributed by atoms with Crippen LogP contribution in [0.4, 0.5) is 0 Å². The van der Waals surface area contributed by atoms with Gasteiger partial charge in [0.05, 0.1) is 43.4 Å². The van der Waals surface area contributed by atoms with Gasteiger partial charge in [0, 0.05) is 0 Å². The standard InChI is InChI=1S/C21H34O6/c1-20(2)17(27-20)10-12-21(3,24)11-6-7-14-8-9-15(18(22)25-4)16(13-14)19(23)26-5/h8,15-17,24H,6-7,9-13H2,1-5H3/t15-,16+,17?,21?/m1/s1. The highest BCUT2D eigenvalue weighted by atomic mass is 16.6. The fourth-order valence-electron chi connectivity index (χ4n) is 3.98. The molecule has 0 aromatic rings. The number of allylic oxidation sites excluding steroid dienone is 2. The Morgan fingerprint density at radius 1 is 1.22 bits per heavy atom. The lowest BCUT2D eigenvalue weighted by Gasteiger charge is -2.28. The molecule has 1 aliphatic heterocycles. The highest BCUT2D eigenvalue weighted by Crippen LogP contribution is 2.40. The molecule has 2 rings (SSSR count). The lowest BCUT2D eigenvalue weighted by Crippen LogP contribution is -2.34. The summed E-state index contributed by atoms with van der Waals surface area (Å²) < 4.78 is 15.3. The lowest BCUT2D eigenvalue weighted by atomic mass is 9.78. The van der Waals surface area contributed by atoms with Crippen LogP contribution < -0.4 is 0 Å². The van der Waals surface area contributed by atoms with Crippen molar-refractivity contribution < 1.29 is 28.9 Å². The molecule has 0 aromatic carbocycles. The number of ether oxygens (including phenoxy) is 3. The average molecular weight is 382 g/mol. The molecule has 0 bridgehead atoms. The Balaban J connectivity index is 1.81. The Bertz CT molecular complexity index is 577. The van der Waals surface area contributed by atoms with Crippen molar-refractivity contribution in [1.29, 1.82) is 0 Å². The Labute approximate surface area is 162 Å². The molecule has 0 amide bonds. The van der Waals surface area contributed by atoms with Crippen LogP contribution in [0.25, 0.3) is 0 Å². The summed E-state index contributed by atoms with van der Waals surface area (Å²) in [4.78, 5) is 24.0. The largest absolute Gasteiger partial charge is 0.469 e. The van der Waals surface area contributed by atoms with E-state index in [1.54, 1.807) is 0 Å². The van der Waals surface area contributed by atoms with Crippen molar-refractivity contribution in [2.75, 3.05) is 14.2 Å². The highest BCUT2D eigenvalue weighted by molar-refractivity contribution is 5.82. The van der Waals surface area contributed by atoms with Gasteiger partial charge in [0.25, 0.3) is 0 Å². The van der Waals surface area contributed by atoms with Crippen LogP contribution in [-0.2, 0) is 23.8 Å². The van der Waals surface area contributed by atoms with E-state index in [9.17, 15) is 14.7 Å². The Hall–Kier alpha value is -1.40. The van der Waals surface area contributed by atoms with Gasteiger partial charge in [0.15, 0.2) is 0 Å². The first-order valence-corrected chi connectivity index (χ1v) is 9.83. The molecule has 2 aliphatic rings. The van der Waals surface area contributed by atoms with Crippen molar-refractivity contribution in [2.45, 2.75) is 83.0 Å². The van der Waals surface area contributed by atoms with E-state index in [1.807, 2.05) is 13.0 Å². The van der Waals surface area contributed by atoms with Crippen molar-refractivity contribution in [1.82, 2.24) is 0 Å². The predicted molar refractivity (Wildman–Crippen MR) is 101 cm³/mol. The van der Waals surface area contributed by atoms with Gasteiger partial charge in [-0.3, -0.25) is 9.59 Å². The summed E-state index contributed by atoms with van der Waals surface area (Å²) in [6.07, 6.45) is 7.22.